The van der Waals surface area contributed by atoms with Gasteiger partial charge in [0.05, 0.1) is 4.90 Å². The highest BCUT2D eigenvalue weighted by Crippen LogP contribution is 2.21. The number of carboxylic acids is 1. The van der Waals surface area contributed by atoms with Crippen molar-refractivity contribution in [2.45, 2.75) is 44.0 Å². The largest absolute Gasteiger partial charge is 0.480 e. The first-order chi connectivity index (χ1) is 11.7. The molecule has 1 heterocycles. The molecule has 1 aliphatic rings. The maximum absolute atomic E-state index is 12.6. The first-order valence-corrected chi connectivity index (χ1v) is 9.80. The first-order valence-electron chi connectivity index (χ1n) is 8.36. The third-order valence-corrected chi connectivity index (χ3v) is 6.16. The molecule has 1 amide bonds. The molecule has 25 heavy (non-hydrogen) atoms. The van der Waals surface area contributed by atoms with Gasteiger partial charge in [0.25, 0.3) is 5.91 Å². The van der Waals surface area contributed by atoms with Gasteiger partial charge >= 0.3 is 5.97 Å². The molecular formula is C17H24N2O5S. The summed E-state index contributed by atoms with van der Waals surface area (Å²) in [5.74, 6) is -1.52. The van der Waals surface area contributed by atoms with E-state index in [4.69, 9.17) is 5.11 Å². The molecule has 0 spiro atoms. The van der Waals surface area contributed by atoms with Gasteiger partial charge in [0.1, 0.15) is 6.54 Å². The standard InChI is InChI=1S/C17H24N2O5S/c1-13(2)19(12-16(20)21)17(22)14-6-8-15(9-7-14)25(23,24)18-10-4-3-5-11-18/h6-9,13H,3-5,10-12H2,1-2H3,(H,20,21). The summed E-state index contributed by atoms with van der Waals surface area (Å²) in [6, 6.07) is 5.43. The smallest absolute Gasteiger partial charge is 0.323 e. The van der Waals surface area contributed by atoms with Crippen LogP contribution in [0.5, 0.6) is 0 Å². The van der Waals surface area contributed by atoms with Crippen molar-refractivity contribution in [3.8, 4) is 0 Å². The van der Waals surface area contributed by atoms with Gasteiger partial charge in [-0.1, -0.05) is 6.42 Å². The van der Waals surface area contributed by atoms with Gasteiger partial charge in [0.2, 0.25) is 10.0 Å². The Morgan fingerprint density at radius 1 is 1.12 bits per heavy atom. The lowest BCUT2D eigenvalue weighted by Gasteiger charge is -2.26. The zero-order valence-electron chi connectivity index (χ0n) is 14.5. The average molecular weight is 368 g/mol. The highest BCUT2D eigenvalue weighted by molar-refractivity contribution is 7.89. The van der Waals surface area contributed by atoms with Crippen LogP contribution in [0.3, 0.4) is 0 Å². The Hall–Kier alpha value is -1.93. The van der Waals surface area contributed by atoms with Crippen molar-refractivity contribution in [1.82, 2.24) is 9.21 Å². The van der Waals surface area contributed by atoms with Crippen molar-refractivity contribution in [2.24, 2.45) is 0 Å². The van der Waals surface area contributed by atoms with Crippen molar-refractivity contribution < 1.29 is 23.1 Å². The second-order valence-electron chi connectivity index (χ2n) is 6.41. The van der Waals surface area contributed by atoms with Gasteiger partial charge in [-0.15, -0.1) is 0 Å². The number of carbonyl (C=O) groups excluding carboxylic acids is 1. The number of hydrogen-bond donors (Lipinski definition) is 1. The quantitative estimate of drug-likeness (QED) is 0.826. The summed E-state index contributed by atoms with van der Waals surface area (Å²) in [5.41, 5.74) is 0.271. The molecule has 138 valence electrons. The van der Waals surface area contributed by atoms with Crippen molar-refractivity contribution in [3.05, 3.63) is 29.8 Å². The molecule has 0 aromatic heterocycles. The number of carbonyl (C=O) groups is 2. The van der Waals surface area contributed by atoms with Crippen molar-refractivity contribution >= 4 is 21.9 Å². The highest BCUT2D eigenvalue weighted by Gasteiger charge is 2.27. The summed E-state index contributed by atoms with van der Waals surface area (Å²) < 4.78 is 26.7. The van der Waals surface area contributed by atoms with Crippen LogP contribution in [0.15, 0.2) is 29.2 Å². The summed E-state index contributed by atoms with van der Waals surface area (Å²) in [5, 5.41) is 8.94. The Morgan fingerprint density at radius 2 is 1.68 bits per heavy atom. The number of nitrogens with zero attached hydrogens (tertiary/aromatic N) is 2. The monoisotopic (exact) mass is 368 g/mol. The molecular weight excluding hydrogens is 344 g/mol. The number of rotatable bonds is 6. The van der Waals surface area contributed by atoms with Gasteiger partial charge in [-0.05, 0) is 51.0 Å². The summed E-state index contributed by atoms with van der Waals surface area (Å²) >= 11 is 0. The van der Waals surface area contributed by atoms with E-state index in [-0.39, 0.29) is 16.5 Å². The van der Waals surface area contributed by atoms with Crippen LogP contribution in [-0.4, -0.2) is 60.3 Å². The molecule has 0 radical (unpaired) electrons. The van der Waals surface area contributed by atoms with Crippen LogP contribution in [0.25, 0.3) is 0 Å². The van der Waals surface area contributed by atoms with Crippen LogP contribution in [0, 0.1) is 0 Å². The Morgan fingerprint density at radius 3 is 2.16 bits per heavy atom. The highest BCUT2D eigenvalue weighted by atomic mass is 32.2. The van der Waals surface area contributed by atoms with Crippen LogP contribution in [0.4, 0.5) is 0 Å². The van der Waals surface area contributed by atoms with Crippen LogP contribution in [-0.2, 0) is 14.8 Å². The third kappa shape index (κ3) is 4.58. The van der Waals surface area contributed by atoms with E-state index in [9.17, 15) is 18.0 Å². The molecule has 2 rings (SSSR count). The number of carboxylic acid groups (broad SMARTS) is 1. The Labute approximate surface area is 148 Å². The molecule has 0 bridgehead atoms. The minimum absolute atomic E-state index is 0.153. The summed E-state index contributed by atoms with van der Waals surface area (Å²) in [4.78, 5) is 24.8. The lowest BCUT2D eigenvalue weighted by molar-refractivity contribution is -0.138. The van der Waals surface area contributed by atoms with E-state index >= 15 is 0 Å². The van der Waals surface area contributed by atoms with Crippen LogP contribution in [0.2, 0.25) is 0 Å². The molecule has 1 saturated heterocycles. The molecule has 7 nitrogen and oxygen atoms in total. The summed E-state index contributed by atoms with van der Waals surface area (Å²) in [7, 11) is -3.55. The number of sulfonamides is 1. The van der Waals surface area contributed by atoms with E-state index < -0.39 is 28.4 Å². The third-order valence-electron chi connectivity index (χ3n) is 4.24. The van der Waals surface area contributed by atoms with Crippen molar-refractivity contribution in [1.29, 1.82) is 0 Å². The molecule has 0 aliphatic carbocycles. The number of aliphatic carboxylic acids is 1. The fraction of sp³-hybridized carbons (Fsp3) is 0.529. The van der Waals surface area contributed by atoms with Crippen molar-refractivity contribution in [3.63, 3.8) is 0 Å². The molecule has 1 aromatic rings. The summed E-state index contributed by atoms with van der Waals surface area (Å²) in [6.07, 6.45) is 2.75. The van der Waals surface area contributed by atoms with E-state index in [0.717, 1.165) is 19.3 Å². The van der Waals surface area contributed by atoms with E-state index in [1.54, 1.807) is 13.8 Å². The SMILES string of the molecule is CC(C)N(CC(=O)O)C(=O)c1ccc(S(=O)(=O)N2CCCCC2)cc1. The average Bonchev–Trinajstić information content (AvgIpc) is 2.59. The molecule has 0 saturated carbocycles. The molecule has 0 unspecified atom stereocenters. The molecule has 8 heteroatoms. The summed E-state index contributed by atoms with van der Waals surface area (Å²) in [6.45, 7) is 4.10. The maximum Gasteiger partial charge on any atom is 0.323 e. The van der Waals surface area contributed by atoms with Crippen LogP contribution >= 0.6 is 0 Å². The molecule has 1 aliphatic heterocycles. The zero-order valence-corrected chi connectivity index (χ0v) is 15.3. The minimum Gasteiger partial charge on any atom is -0.480 e. The first kappa shape index (κ1) is 19.4. The zero-order chi connectivity index (χ0) is 18.6. The fourth-order valence-electron chi connectivity index (χ4n) is 2.82. The minimum atomic E-state index is -3.55. The second kappa shape index (κ2) is 7.97. The number of amides is 1. The fourth-order valence-corrected chi connectivity index (χ4v) is 4.34. The van der Waals surface area contributed by atoms with Gasteiger partial charge in [-0.2, -0.15) is 4.31 Å². The Bertz CT molecular complexity index is 722. The lowest BCUT2D eigenvalue weighted by atomic mass is 10.1. The van der Waals surface area contributed by atoms with Gasteiger partial charge < -0.3 is 10.0 Å². The Balaban J connectivity index is 2.20. The van der Waals surface area contributed by atoms with E-state index in [0.29, 0.717) is 13.1 Å². The molecule has 0 atom stereocenters. The predicted molar refractivity (Wildman–Crippen MR) is 92.9 cm³/mol. The predicted octanol–water partition coefficient (Wildman–Crippen LogP) is 1.80. The normalized spacial score (nSPS) is 16.0. The molecule has 1 fully saturated rings. The van der Waals surface area contributed by atoms with E-state index in [1.807, 2.05) is 0 Å². The topological polar surface area (TPSA) is 95.0 Å². The number of piperidine rings is 1. The van der Waals surface area contributed by atoms with Gasteiger partial charge in [0.15, 0.2) is 0 Å². The van der Waals surface area contributed by atoms with Crippen LogP contribution < -0.4 is 0 Å². The van der Waals surface area contributed by atoms with E-state index in [2.05, 4.69) is 0 Å². The van der Waals surface area contributed by atoms with Crippen molar-refractivity contribution in [2.75, 3.05) is 19.6 Å². The lowest BCUT2D eigenvalue weighted by Crippen LogP contribution is -2.40. The van der Waals surface area contributed by atoms with Gasteiger partial charge in [-0.25, -0.2) is 8.42 Å². The van der Waals surface area contributed by atoms with Gasteiger partial charge in [0, 0.05) is 24.7 Å². The van der Waals surface area contributed by atoms with E-state index in [1.165, 1.54) is 33.5 Å². The molecule has 1 N–H and O–H groups in total. The van der Waals surface area contributed by atoms with Crippen LogP contribution in [0.1, 0.15) is 43.5 Å². The second-order valence-corrected chi connectivity index (χ2v) is 8.35. The number of benzene rings is 1. The Kier molecular flexibility index (Phi) is 6.18. The van der Waals surface area contributed by atoms with Gasteiger partial charge in [-0.3, -0.25) is 9.59 Å². The maximum atomic E-state index is 12.6. The molecule has 1 aromatic carbocycles. The number of hydrogen-bond acceptors (Lipinski definition) is 4.